The third-order valence-corrected chi connectivity index (χ3v) is 5.09. The van der Waals surface area contributed by atoms with Crippen molar-refractivity contribution in [2.24, 2.45) is 5.92 Å². The van der Waals surface area contributed by atoms with Crippen molar-refractivity contribution < 1.29 is 13.5 Å². The standard InChI is InChI=1S/C12H21N3O3S/c1-12(2,10-4-5-10)14-19(17,18)11-8-13-15(9-11)6-3-7-16/h8-10,14,16H,3-7H2,1-2H3. The van der Waals surface area contributed by atoms with Gasteiger partial charge in [-0.2, -0.15) is 5.10 Å². The summed E-state index contributed by atoms with van der Waals surface area (Å²) in [7, 11) is -3.52. The maximum atomic E-state index is 12.3. The highest BCUT2D eigenvalue weighted by Gasteiger charge is 2.40. The molecule has 108 valence electrons. The topological polar surface area (TPSA) is 84.2 Å². The number of aromatic nitrogens is 2. The van der Waals surface area contributed by atoms with Crippen LogP contribution in [0.5, 0.6) is 0 Å². The molecular weight excluding hydrogens is 266 g/mol. The summed E-state index contributed by atoms with van der Waals surface area (Å²) >= 11 is 0. The highest BCUT2D eigenvalue weighted by atomic mass is 32.2. The van der Waals surface area contributed by atoms with Crippen molar-refractivity contribution >= 4 is 10.0 Å². The molecule has 6 nitrogen and oxygen atoms in total. The number of aryl methyl sites for hydroxylation is 1. The Kier molecular flexibility index (Phi) is 3.98. The van der Waals surface area contributed by atoms with Crippen molar-refractivity contribution in [1.82, 2.24) is 14.5 Å². The van der Waals surface area contributed by atoms with Gasteiger partial charge in [0.05, 0.1) is 6.20 Å². The van der Waals surface area contributed by atoms with Crippen molar-refractivity contribution in [1.29, 1.82) is 0 Å². The number of sulfonamides is 1. The Morgan fingerprint density at radius 2 is 2.21 bits per heavy atom. The van der Waals surface area contributed by atoms with E-state index in [-0.39, 0.29) is 11.5 Å². The zero-order valence-electron chi connectivity index (χ0n) is 11.3. The van der Waals surface area contributed by atoms with Gasteiger partial charge < -0.3 is 5.11 Å². The Morgan fingerprint density at radius 3 is 2.79 bits per heavy atom. The van der Waals surface area contributed by atoms with Gasteiger partial charge in [-0.3, -0.25) is 4.68 Å². The van der Waals surface area contributed by atoms with Crippen LogP contribution in [0.4, 0.5) is 0 Å². The van der Waals surface area contributed by atoms with Crippen LogP contribution in [0.3, 0.4) is 0 Å². The average Bonchev–Trinajstić information content (AvgIpc) is 3.05. The van der Waals surface area contributed by atoms with E-state index in [9.17, 15) is 8.42 Å². The highest BCUT2D eigenvalue weighted by Crippen LogP contribution is 2.39. The van der Waals surface area contributed by atoms with Crippen LogP contribution in [-0.4, -0.2) is 35.5 Å². The molecule has 1 aliphatic carbocycles. The van der Waals surface area contributed by atoms with Gasteiger partial charge in [-0.1, -0.05) is 0 Å². The van der Waals surface area contributed by atoms with Crippen LogP contribution in [0.2, 0.25) is 0 Å². The molecule has 0 spiro atoms. The van der Waals surface area contributed by atoms with Gasteiger partial charge in [0.25, 0.3) is 0 Å². The lowest BCUT2D eigenvalue weighted by molar-refractivity contribution is 0.277. The van der Waals surface area contributed by atoms with E-state index in [1.165, 1.54) is 17.1 Å². The molecular formula is C12H21N3O3S. The minimum absolute atomic E-state index is 0.0644. The van der Waals surface area contributed by atoms with Crippen LogP contribution >= 0.6 is 0 Å². The average molecular weight is 287 g/mol. The largest absolute Gasteiger partial charge is 0.396 e. The van der Waals surface area contributed by atoms with Crippen molar-refractivity contribution in [3.8, 4) is 0 Å². The lowest BCUT2D eigenvalue weighted by atomic mass is 10.0. The minimum atomic E-state index is -3.52. The molecule has 2 N–H and O–H groups in total. The molecule has 0 atom stereocenters. The molecule has 0 radical (unpaired) electrons. The van der Waals surface area contributed by atoms with Crippen LogP contribution in [-0.2, 0) is 16.6 Å². The Labute approximate surface area is 113 Å². The SMILES string of the molecule is CC(C)(NS(=O)(=O)c1cnn(CCCO)c1)C1CC1. The molecule has 0 saturated heterocycles. The third-order valence-electron chi connectivity index (χ3n) is 3.46. The fraction of sp³-hybridized carbons (Fsp3) is 0.750. The summed E-state index contributed by atoms with van der Waals surface area (Å²) in [5, 5.41) is 12.7. The second-order valence-electron chi connectivity index (χ2n) is 5.62. The van der Waals surface area contributed by atoms with Gasteiger partial charge >= 0.3 is 0 Å². The molecule has 0 unspecified atom stereocenters. The molecule has 1 aromatic rings. The van der Waals surface area contributed by atoms with Crippen molar-refractivity contribution in [2.75, 3.05) is 6.61 Å². The van der Waals surface area contributed by atoms with Gasteiger partial charge in [-0.25, -0.2) is 13.1 Å². The van der Waals surface area contributed by atoms with Crippen LogP contribution < -0.4 is 4.72 Å². The van der Waals surface area contributed by atoms with Gasteiger partial charge in [-0.05, 0) is 39.0 Å². The first-order chi connectivity index (χ1) is 8.85. The molecule has 0 aromatic carbocycles. The van der Waals surface area contributed by atoms with E-state index in [0.717, 1.165) is 12.8 Å². The molecule has 7 heteroatoms. The number of rotatable bonds is 7. The maximum absolute atomic E-state index is 12.3. The molecule has 1 fully saturated rings. The number of hydrogen-bond donors (Lipinski definition) is 2. The summed E-state index contributed by atoms with van der Waals surface area (Å²) in [5.74, 6) is 0.423. The lowest BCUT2D eigenvalue weighted by Crippen LogP contribution is -2.44. The molecule has 1 saturated carbocycles. The number of nitrogens with zero attached hydrogens (tertiary/aromatic N) is 2. The van der Waals surface area contributed by atoms with E-state index < -0.39 is 15.6 Å². The van der Waals surface area contributed by atoms with Crippen LogP contribution in [0.25, 0.3) is 0 Å². The highest BCUT2D eigenvalue weighted by molar-refractivity contribution is 7.89. The smallest absolute Gasteiger partial charge is 0.244 e. The number of aliphatic hydroxyl groups is 1. The van der Waals surface area contributed by atoms with Gasteiger partial charge in [0.1, 0.15) is 4.90 Å². The molecule has 0 aliphatic heterocycles. The van der Waals surface area contributed by atoms with E-state index in [0.29, 0.717) is 18.9 Å². The Hall–Kier alpha value is -0.920. The van der Waals surface area contributed by atoms with E-state index in [1.807, 2.05) is 13.8 Å². The van der Waals surface area contributed by atoms with E-state index in [2.05, 4.69) is 9.82 Å². The van der Waals surface area contributed by atoms with E-state index in [1.54, 1.807) is 0 Å². The molecule has 2 rings (SSSR count). The number of hydrogen-bond acceptors (Lipinski definition) is 4. The van der Waals surface area contributed by atoms with Crippen molar-refractivity contribution in [3.63, 3.8) is 0 Å². The summed E-state index contributed by atoms with van der Waals surface area (Å²) < 4.78 is 28.8. The van der Waals surface area contributed by atoms with Crippen molar-refractivity contribution in [3.05, 3.63) is 12.4 Å². The summed E-state index contributed by atoms with van der Waals surface area (Å²) in [6.07, 6.45) is 5.56. The predicted molar refractivity (Wildman–Crippen MR) is 71.1 cm³/mol. The zero-order valence-corrected chi connectivity index (χ0v) is 12.2. The molecule has 0 bridgehead atoms. The first-order valence-electron chi connectivity index (χ1n) is 6.52. The van der Waals surface area contributed by atoms with E-state index >= 15 is 0 Å². The minimum Gasteiger partial charge on any atom is -0.396 e. The van der Waals surface area contributed by atoms with Gasteiger partial charge in [0.2, 0.25) is 10.0 Å². The first-order valence-corrected chi connectivity index (χ1v) is 8.01. The second kappa shape index (κ2) is 5.22. The third kappa shape index (κ3) is 3.55. The molecule has 1 aliphatic rings. The Morgan fingerprint density at radius 1 is 1.53 bits per heavy atom. The molecule has 1 heterocycles. The second-order valence-corrected chi connectivity index (χ2v) is 7.30. The fourth-order valence-corrected chi connectivity index (χ4v) is 3.56. The van der Waals surface area contributed by atoms with Crippen LogP contribution in [0, 0.1) is 5.92 Å². The van der Waals surface area contributed by atoms with Crippen LogP contribution in [0.15, 0.2) is 17.3 Å². The maximum Gasteiger partial charge on any atom is 0.244 e. The molecule has 1 aromatic heterocycles. The molecule has 0 amide bonds. The first kappa shape index (κ1) is 14.5. The lowest BCUT2D eigenvalue weighted by Gasteiger charge is -2.25. The summed E-state index contributed by atoms with van der Waals surface area (Å²) in [4.78, 5) is 0.180. The monoisotopic (exact) mass is 287 g/mol. The van der Waals surface area contributed by atoms with Gasteiger partial charge in [0.15, 0.2) is 0 Å². The quantitative estimate of drug-likeness (QED) is 0.774. The number of nitrogens with one attached hydrogen (secondary N) is 1. The summed E-state index contributed by atoms with van der Waals surface area (Å²) in [6, 6.07) is 0. The number of aliphatic hydroxyl groups excluding tert-OH is 1. The summed E-state index contributed by atoms with van der Waals surface area (Å²) in [6.45, 7) is 4.41. The zero-order chi connectivity index (χ0) is 14.1. The Bertz CT molecular complexity index is 532. The van der Waals surface area contributed by atoms with Gasteiger partial charge in [0, 0.05) is 24.9 Å². The van der Waals surface area contributed by atoms with Crippen LogP contribution in [0.1, 0.15) is 33.1 Å². The molecule has 19 heavy (non-hydrogen) atoms. The van der Waals surface area contributed by atoms with Gasteiger partial charge in [-0.15, -0.1) is 0 Å². The Balaban J connectivity index is 2.08. The fourth-order valence-electron chi connectivity index (χ4n) is 2.13. The predicted octanol–water partition coefficient (Wildman–Crippen LogP) is 0.732. The normalized spacial score (nSPS) is 16.8. The van der Waals surface area contributed by atoms with E-state index in [4.69, 9.17) is 5.11 Å². The summed E-state index contributed by atoms with van der Waals surface area (Å²) in [5.41, 5.74) is -0.411. The van der Waals surface area contributed by atoms with Crippen molar-refractivity contribution in [2.45, 2.75) is 50.1 Å².